The Balaban J connectivity index is 1.64. The number of thioether (sulfide) groups is 1. The lowest BCUT2D eigenvalue weighted by Crippen LogP contribution is -2.15. The number of nitrogens with one attached hydrogen (secondary N) is 1. The fourth-order valence-corrected chi connectivity index (χ4v) is 2.47. The first-order valence-corrected chi connectivity index (χ1v) is 8.07. The Kier molecular flexibility index (Phi) is 4.23. The predicted molar refractivity (Wildman–Crippen MR) is 82.4 cm³/mol. The van der Waals surface area contributed by atoms with Gasteiger partial charge >= 0.3 is 0 Å². The fraction of sp³-hybridized carbons (Fsp3) is 0.312. The van der Waals surface area contributed by atoms with Crippen molar-refractivity contribution in [2.45, 2.75) is 30.3 Å². The van der Waals surface area contributed by atoms with Gasteiger partial charge in [-0.15, -0.1) is 11.8 Å². The van der Waals surface area contributed by atoms with E-state index in [2.05, 4.69) is 16.4 Å². The maximum absolute atomic E-state index is 5.84. The van der Waals surface area contributed by atoms with Crippen molar-refractivity contribution < 1.29 is 4.74 Å². The number of ether oxygens (including phenoxy) is 1. The molecule has 0 aliphatic heterocycles. The highest BCUT2D eigenvalue weighted by Crippen LogP contribution is 2.30. The molecule has 1 N–H and O–H groups in total. The second-order valence-corrected chi connectivity index (χ2v) is 5.76. The van der Waals surface area contributed by atoms with Crippen molar-refractivity contribution >= 4 is 11.8 Å². The number of benzene rings is 1. The van der Waals surface area contributed by atoms with Crippen LogP contribution in [-0.4, -0.2) is 17.3 Å². The Hall–Kier alpha value is -1.52. The standard InChI is InChI=1S/C16H18N2OS/c1-20-15-5-3-2-4-14(15)19-16-9-6-12(11-18-16)10-17-13-7-8-13/h2-6,9,11,13,17H,7-8,10H2,1H3. The monoisotopic (exact) mass is 286 g/mol. The molecule has 1 saturated carbocycles. The first-order chi connectivity index (χ1) is 9.85. The average molecular weight is 286 g/mol. The van der Waals surface area contributed by atoms with E-state index in [9.17, 15) is 0 Å². The van der Waals surface area contributed by atoms with Gasteiger partial charge in [-0.25, -0.2) is 4.98 Å². The van der Waals surface area contributed by atoms with Crippen molar-refractivity contribution in [3.63, 3.8) is 0 Å². The smallest absolute Gasteiger partial charge is 0.219 e. The highest BCUT2D eigenvalue weighted by atomic mass is 32.2. The van der Waals surface area contributed by atoms with Crippen LogP contribution in [0.3, 0.4) is 0 Å². The maximum atomic E-state index is 5.84. The van der Waals surface area contributed by atoms with E-state index in [1.165, 1.54) is 18.4 Å². The van der Waals surface area contributed by atoms with Crippen LogP contribution in [0.2, 0.25) is 0 Å². The molecule has 0 saturated heterocycles. The molecule has 2 aromatic rings. The van der Waals surface area contributed by atoms with Crippen LogP contribution in [0.5, 0.6) is 11.6 Å². The summed E-state index contributed by atoms with van der Waals surface area (Å²) in [7, 11) is 0. The molecule has 104 valence electrons. The van der Waals surface area contributed by atoms with Gasteiger partial charge in [0.25, 0.3) is 0 Å². The van der Waals surface area contributed by atoms with E-state index in [-0.39, 0.29) is 0 Å². The van der Waals surface area contributed by atoms with E-state index in [0.29, 0.717) is 5.88 Å². The molecule has 3 nitrogen and oxygen atoms in total. The summed E-state index contributed by atoms with van der Waals surface area (Å²) in [5.41, 5.74) is 1.20. The van der Waals surface area contributed by atoms with Crippen LogP contribution < -0.4 is 10.1 Å². The minimum Gasteiger partial charge on any atom is -0.438 e. The van der Waals surface area contributed by atoms with Gasteiger partial charge in [-0.05, 0) is 36.8 Å². The van der Waals surface area contributed by atoms with Gasteiger partial charge in [-0.3, -0.25) is 0 Å². The molecule has 4 heteroatoms. The SMILES string of the molecule is CSc1ccccc1Oc1ccc(CNC2CC2)cn1. The lowest BCUT2D eigenvalue weighted by Gasteiger charge is -2.09. The van der Waals surface area contributed by atoms with Crippen molar-refractivity contribution in [3.8, 4) is 11.6 Å². The third-order valence-electron chi connectivity index (χ3n) is 3.25. The molecule has 1 aliphatic rings. The summed E-state index contributed by atoms with van der Waals surface area (Å²) in [6, 6.07) is 12.7. The van der Waals surface area contributed by atoms with E-state index < -0.39 is 0 Å². The molecule has 3 rings (SSSR count). The summed E-state index contributed by atoms with van der Waals surface area (Å²) in [6.07, 6.45) is 6.54. The zero-order chi connectivity index (χ0) is 13.8. The van der Waals surface area contributed by atoms with Gasteiger partial charge in [0.15, 0.2) is 0 Å². The van der Waals surface area contributed by atoms with Crippen LogP contribution in [0.1, 0.15) is 18.4 Å². The largest absolute Gasteiger partial charge is 0.438 e. The third-order valence-corrected chi connectivity index (χ3v) is 4.03. The summed E-state index contributed by atoms with van der Waals surface area (Å²) in [6.45, 7) is 0.888. The molecule has 1 aromatic carbocycles. The normalized spacial score (nSPS) is 14.2. The zero-order valence-corrected chi connectivity index (χ0v) is 12.3. The Morgan fingerprint density at radius 2 is 2.10 bits per heavy atom. The molecule has 0 bridgehead atoms. The summed E-state index contributed by atoms with van der Waals surface area (Å²) in [5, 5.41) is 3.48. The van der Waals surface area contributed by atoms with Crippen LogP contribution >= 0.6 is 11.8 Å². The van der Waals surface area contributed by atoms with Gasteiger partial charge in [0.05, 0.1) is 0 Å². The van der Waals surface area contributed by atoms with Crippen LogP contribution in [0.15, 0.2) is 47.5 Å². The summed E-state index contributed by atoms with van der Waals surface area (Å²) in [4.78, 5) is 5.50. The Morgan fingerprint density at radius 1 is 1.25 bits per heavy atom. The molecule has 0 amide bonds. The van der Waals surface area contributed by atoms with Gasteiger partial charge in [0, 0.05) is 29.7 Å². The van der Waals surface area contributed by atoms with E-state index in [4.69, 9.17) is 4.74 Å². The summed E-state index contributed by atoms with van der Waals surface area (Å²) < 4.78 is 5.84. The van der Waals surface area contributed by atoms with E-state index in [0.717, 1.165) is 23.2 Å². The number of nitrogens with zero attached hydrogens (tertiary/aromatic N) is 1. The minimum absolute atomic E-state index is 0.640. The molecule has 1 aliphatic carbocycles. The van der Waals surface area contributed by atoms with Crippen LogP contribution in [0.25, 0.3) is 0 Å². The van der Waals surface area contributed by atoms with Gasteiger partial charge < -0.3 is 10.1 Å². The third kappa shape index (κ3) is 3.52. The highest BCUT2D eigenvalue weighted by Gasteiger charge is 2.19. The second-order valence-electron chi connectivity index (χ2n) is 4.91. The molecule has 1 fully saturated rings. The summed E-state index contributed by atoms with van der Waals surface area (Å²) >= 11 is 1.67. The number of para-hydroxylation sites is 1. The second kappa shape index (κ2) is 6.29. The van der Waals surface area contributed by atoms with Gasteiger partial charge in [-0.2, -0.15) is 0 Å². The van der Waals surface area contributed by atoms with E-state index >= 15 is 0 Å². The lowest BCUT2D eigenvalue weighted by molar-refractivity contribution is 0.451. The molecule has 0 spiro atoms. The van der Waals surface area contributed by atoms with Gasteiger partial charge in [0.1, 0.15) is 5.75 Å². The molecule has 1 aromatic heterocycles. The van der Waals surface area contributed by atoms with Crippen molar-refractivity contribution in [3.05, 3.63) is 48.2 Å². The number of hydrogen-bond acceptors (Lipinski definition) is 4. The van der Waals surface area contributed by atoms with Gasteiger partial charge in [0.2, 0.25) is 5.88 Å². The average Bonchev–Trinajstić information content (AvgIpc) is 3.31. The Bertz CT molecular complexity index is 567. The van der Waals surface area contributed by atoms with Crippen molar-refractivity contribution in [1.29, 1.82) is 0 Å². The molecule has 0 radical (unpaired) electrons. The molecule has 0 unspecified atom stereocenters. The first-order valence-electron chi connectivity index (χ1n) is 6.84. The minimum atomic E-state index is 0.640. The quantitative estimate of drug-likeness (QED) is 0.818. The van der Waals surface area contributed by atoms with Crippen LogP contribution in [0.4, 0.5) is 0 Å². The molecule has 20 heavy (non-hydrogen) atoms. The first kappa shape index (κ1) is 13.5. The Morgan fingerprint density at radius 3 is 2.80 bits per heavy atom. The molecular formula is C16H18N2OS. The topological polar surface area (TPSA) is 34.1 Å². The predicted octanol–water partition coefficient (Wildman–Crippen LogP) is 3.85. The maximum Gasteiger partial charge on any atom is 0.219 e. The number of hydrogen-bond donors (Lipinski definition) is 1. The van der Waals surface area contributed by atoms with Crippen molar-refractivity contribution in [2.75, 3.05) is 6.26 Å². The number of pyridine rings is 1. The molecule has 1 heterocycles. The van der Waals surface area contributed by atoms with Gasteiger partial charge in [-0.1, -0.05) is 18.2 Å². The zero-order valence-electron chi connectivity index (χ0n) is 11.5. The molecule has 0 atom stereocenters. The van der Waals surface area contributed by atoms with E-state index in [1.54, 1.807) is 11.8 Å². The Labute approximate surface area is 123 Å². The number of aromatic nitrogens is 1. The summed E-state index contributed by atoms with van der Waals surface area (Å²) in [5.74, 6) is 1.50. The van der Waals surface area contributed by atoms with Crippen LogP contribution in [-0.2, 0) is 6.54 Å². The van der Waals surface area contributed by atoms with Crippen molar-refractivity contribution in [2.24, 2.45) is 0 Å². The number of rotatable bonds is 6. The van der Waals surface area contributed by atoms with Crippen LogP contribution in [0, 0.1) is 0 Å². The molecular weight excluding hydrogens is 268 g/mol. The van der Waals surface area contributed by atoms with Crippen molar-refractivity contribution in [1.82, 2.24) is 10.3 Å². The lowest BCUT2D eigenvalue weighted by atomic mass is 10.3. The highest BCUT2D eigenvalue weighted by molar-refractivity contribution is 7.98. The fourth-order valence-electron chi connectivity index (χ4n) is 1.94. The van der Waals surface area contributed by atoms with E-state index in [1.807, 2.05) is 42.8 Å².